The molecule has 2 atom stereocenters. The van der Waals surface area contributed by atoms with Gasteiger partial charge < -0.3 is 4.42 Å². The predicted molar refractivity (Wildman–Crippen MR) is 289 cm³/mol. The average molecular weight is 928 g/mol. The van der Waals surface area contributed by atoms with Crippen LogP contribution in [0.25, 0.3) is 98.5 Å². The predicted octanol–water partition coefficient (Wildman–Crippen LogP) is 17.8. The maximum Gasteiger partial charge on any atom is 0.167 e. The fraction of sp³-hybridized carbons (Fsp3) is 0.308. The van der Waals surface area contributed by atoms with Gasteiger partial charge in [-0.05, 0) is 174 Å². The number of nitrogens with zero attached hydrogens (tertiary/aromatic N) is 3. The third-order valence-corrected chi connectivity index (χ3v) is 19.5. The van der Waals surface area contributed by atoms with Crippen LogP contribution in [0.1, 0.15) is 95.1 Å². The number of benzene rings is 7. The van der Waals surface area contributed by atoms with Gasteiger partial charge in [0, 0.05) is 42.1 Å². The zero-order valence-electron chi connectivity index (χ0n) is 40.0. The van der Waals surface area contributed by atoms with Crippen LogP contribution < -0.4 is 0 Å². The maximum atomic E-state index is 6.95. The lowest BCUT2D eigenvalue weighted by molar-refractivity contribution is -0.00513. The summed E-state index contributed by atoms with van der Waals surface area (Å²) in [4.78, 5) is 16.3. The van der Waals surface area contributed by atoms with Gasteiger partial charge in [-0.2, -0.15) is 0 Å². The fourth-order valence-corrected chi connectivity index (χ4v) is 16.8. The quantitative estimate of drug-likeness (QED) is 0.160. The average Bonchev–Trinajstić information content (AvgIpc) is 3.97. The Labute approximate surface area is 414 Å². The van der Waals surface area contributed by atoms with Crippen molar-refractivity contribution in [2.75, 3.05) is 0 Å². The van der Waals surface area contributed by atoms with Crippen molar-refractivity contribution in [3.05, 3.63) is 163 Å². The van der Waals surface area contributed by atoms with Gasteiger partial charge in [-0.25, -0.2) is 15.0 Å². The first-order valence-corrected chi connectivity index (χ1v) is 27.1. The lowest BCUT2D eigenvalue weighted by Crippen LogP contribution is -2.48. The molecule has 3 aromatic heterocycles. The van der Waals surface area contributed by atoms with Gasteiger partial charge in [0.25, 0.3) is 0 Å². The highest BCUT2D eigenvalue weighted by molar-refractivity contribution is 7.26. The number of thiophene rings is 1. The fourth-order valence-electron chi connectivity index (χ4n) is 15.6. The molecule has 5 heteroatoms. The molecule has 6 saturated carbocycles. The lowest BCUT2D eigenvalue weighted by atomic mass is 9.48. The summed E-state index contributed by atoms with van der Waals surface area (Å²) in [5, 5.41) is 4.91. The highest BCUT2D eigenvalue weighted by atomic mass is 32.1. The Kier molecular flexibility index (Phi) is 9.33. The molecular weight excluding hydrogens is 871 g/mol. The highest BCUT2D eigenvalue weighted by Crippen LogP contribution is 2.61. The summed E-state index contributed by atoms with van der Waals surface area (Å²) < 4.78 is 9.53. The van der Waals surface area contributed by atoms with Crippen LogP contribution in [0, 0.1) is 29.6 Å². The second kappa shape index (κ2) is 15.8. The number of para-hydroxylation sites is 1. The van der Waals surface area contributed by atoms with Gasteiger partial charge in [-0.15, -0.1) is 11.3 Å². The molecule has 2 unspecified atom stereocenters. The number of aromatic nitrogens is 3. The van der Waals surface area contributed by atoms with Crippen LogP contribution >= 0.6 is 11.3 Å². The van der Waals surface area contributed by atoms with Gasteiger partial charge in [0.05, 0.1) is 5.56 Å². The first kappa shape index (κ1) is 41.4. The molecule has 4 nitrogen and oxygen atoms in total. The third-order valence-electron chi connectivity index (χ3n) is 18.2. The van der Waals surface area contributed by atoms with Gasteiger partial charge in [-0.3, -0.25) is 0 Å². The molecular formula is C65H57N3OS. The highest BCUT2D eigenvalue weighted by Gasteiger charge is 2.51. The molecule has 344 valence electrons. The van der Waals surface area contributed by atoms with Crippen molar-refractivity contribution < 1.29 is 4.42 Å². The number of hydrogen-bond donors (Lipinski definition) is 0. The second-order valence-corrected chi connectivity index (χ2v) is 23.9. The van der Waals surface area contributed by atoms with E-state index in [9.17, 15) is 0 Å². The smallest absolute Gasteiger partial charge is 0.167 e. The molecule has 0 N–H and O–H groups in total. The first-order valence-electron chi connectivity index (χ1n) is 26.3. The summed E-state index contributed by atoms with van der Waals surface area (Å²) in [6.45, 7) is 2.52. The SMILES string of the molecule is CC1(c2ccc(-c3nc(-c4cc(-c5ccccc5)cc(-c5cccc6c5sc5ccccc56)c4)nc(-c4cccc5c4oc4ccc(C67CC8CC(CC(C8)C6)C7)cc45)n3)cc2)CC2CCCC(C2)C1. The summed E-state index contributed by atoms with van der Waals surface area (Å²) in [7, 11) is 0. The van der Waals surface area contributed by atoms with Crippen LogP contribution in [-0.2, 0) is 10.8 Å². The van der Waals surface area contributed by atoms with Crippen LogP contribution in [0.3, 0.4) is 0 Å². The number of hydrogen-bond acceptors (Lipinski definition) is 5. The Morgan fingerprint density at radius 3 is 1.84 bits per heavy atom. The molecule has 16 rings (SSSR count). The monoisotopic (exact) mass is 927 g/mol. The Bertz CT molecular complexity index is 3650. The van der Waals surface area contributed by atoms with Crippen LogP contribution in [0.15, 0.2) is 156 Å². The van der Waals surface area contributed by atoms with Crippen molar-refractivity contribution in [1.29, 1.82) is 0 Å². The van der Waals surface area contributed by atoms with E-state index in [1.807, 2.05) is 11.3 Å². The van der Waals surface area contributed by atoms with E-state index in [1.165, 1.54) is 119 Å². The van der Waals surface area contributed by atoms with Crippen molar-refractivity contribution in [3.63, 3.8) is 0 Å². The molecule has 10 aromatic rings. The Morgan fingerprint density at radius 2 is 1.07 bits per heavy atom. The number of furan rings is 1. The van der Waals surface area contributed by atoms with Crippen molar-refractivity contribution in [1.82, 2.24) is 15.0 Å². The minimum Gasteiger partial charge on any atom is -0.455 e. The van der Waals surface area contributed by atoms with Gasteiger partial charge >= 0.3 is 0 Å². The summed E-state index contributed by atoms with van der Waals surface area (Å²) in [5.41, 5.74) is 12.7. The molecule has 0 saturated heterocycles. The molecule has 0 amide bonds. The number of fused-ring (bicyclic) bond motifs is 8. The summed E-state index contributed by atoms with van der Waals surface area (Å²) in [6, 6.07) is 56.1. The van der Waals surface area contributed by atoms with Gasteiger partial charge in [0.2, 0.25) is 0 Å². The van der Waals surface area contributed by atoms with E-state index in [0.717, 1.165) is 79.5 Å². The van der Waals surface area contributed by atoms with Crippen molar-refractivity contribution in [3.8, 4) is 56.4 Å². The maximum absolute atomic E-state index is 6.95. The topological polar surface area (TPSA) is 51.8 Å². The first-order chi connectivity index (χ1) is 34.4. The second-order valence-electron chi connectivity index (χ2n) is 22.9. The van der Waals surface area contributed by atoms with Crippen molar-refractivity contribution in [2.24, 2.45) is 29.6 Å². The Balaban J connectivity index is 0.902. The van der Waals surface area contributed by atoms with Gasteiger partial charge in [0.1, 0.15) is 11.2 Å². The molecule has 6 fully saturated rings. The molecule has 3 heterocycles. The van der Waals surface area contributed by atoms with Crippen LogP contribution in [-0.4, -0.2) is 15.0 Å². The molecule has 0 spiro atoms. The van der Waals surface area contributed by atoms with E-state index < -0.39 is 0 Å². The Morgan fingerprint density at radius 1 is 0.457 bits per heavy atom. The minimum atomic E-state index is 0.194. The van der Waals surface area contributed by atoms with Crippen molar-refractivity contribution in [2.45, 2.75) is 94.8 Å². The molecule has 6 bridgehead atoms. The summed E-state index contributed by atoms with van der Waals surface area (Å²) >= 11 is 1.87. The lowest BCUT2D eigenvalue weighted by Gasteiger charge is -2.57. The van der Waals surface area contributed by atoms with Crippen LogP contribution in [0.5, 0.6) is 0 Å². The van der Waals surface area contributed by atoms with E-state index >= 15 is 0 Å². The molecule has 0 aliphatic heterocycles. The van der Waals surface area contributed by atoms with E-state index in [0.29, 0.717) is 22.9 Å². The number of rotatable bonds is 7. The van der Waals surface area contributed by atoms with Gasteiger partial charge in [0.15, 0.2) is 17.5 Å². The van der Waals surface area contributed by atoms with Crippen LogP contribution in [0.4, 0.5) is 0 Å². The van der Waals surface area contributed by atoms with E-state index in [-0.39, 0.29) is 5.41 Å². The summed E-state index contributed by atoms with van der Waals surface area (Å²) in [5.74, 6) is 6.31. The van der Waals surface area contributed by atoms with E-state index in [1.54, 1.807) is 0 Å². The van der Waals surface area contributed by atoms with E-state index in [2.05, 4.69) is 159 Å². The van der Waals surface area contributed by atoms with Crippen molar-refractivity contribution >= 4 is 53.4 Å². The normalized spacial score (nSPS) is 25.9. The molecule has 7 aromatic carbocycles. The third kappa shape index (κ3) is 6.78. The summed E-state index contributed by atoms with van der Waals surface area (Å²) in [6.07, 6.45) is 16.5. The molecule has 70 heavy (non-hydrogen) atoms. The standard InChI is InChI=1S/C65H57N3OS/c1-64(34-39-10-7-11-40(26-39)35-64)49-22-20-45(21-23-49)61-66-62(48-31-46(44-12-3-2-4-13-44)30-47(32-48)51-15-8-17-54-52-14-5-6-19-58(52)70-60(51)54)68-63(67-61)55-18-9-16-53-56-33-50(24-25-57(56)69-59(53)55)65-36-41-27-42(37-65)29-43(28-41)38-65/h2-6,8-9,12-25,30-33,39-43H,7,10-11,26-29,34-38H2,1H3. The molecule has 6 aliphatic rings. The largest absolute Gasteiger partial charge is 0.455 e. The van der Waals surface area contributed by atoms with E-state index in [4.69, 9.17) is 19.4 Å². The van der Waals surface area contributed by atoms with Gasteiger partial charge in [-0.1, -0.05) is 135 Å². The minimum absolute atomic E-state index is 0.194. The Hall–Kier alpha value is -6.43. The molecule has 6 aliphatic carbocycles. The zero-order valence-corrected chi connectivity index (χ0v) is 40.8. The van der Waals surface area contributed by atoms with Crippen LogP contribution in [0.2, 0.25) is 0 Å². The zero-order chi connectivity index (χ0) is 46.1. The molecule has 0 radical (unpaired) electrons.